The van der Waals surface area contributed by atoms with E-state index in [4.69, 9.17) is 16.3 Å². The minimum absolute atomic E-state index is 0.171. The third-order valence-electron chi connectivity index (χ3n) is 6.09. The Balaban J connectivity index is 1.36. The first-order chi connectivity index (χ1) is 15.7. The molecule has 1 saturated heterocycles. The summed E-state index contributed by atoms with van der Waals surface area (Å²) in [5, 5.41) is 2.92. The number of nitrogens with one attached hydrogen (secondary N) is 1. The van der Waals surface area contributed by atoms with Gasteiger partial charge in [0.05, 0.1) is 33.8 Å². The number of carbonyl (C=O) groups excluding carboxylic acids is 4. The van der Waals surface area contributed by atoms with E-state index in [1.54, 1.807) is 30.3 Å². The van der Waals surface area contributed by atoms with E-state index in [2.05, 4.69) is 28.2 Å². The van der Waals surface area contributed by atoms with E-state index in [-0.39, 0.29) is 29.2 Å². The fourth-order valence-electron chi connectivity index (χ4n) is 4.38. The molecule has 4 rings (SSSR count). The molecule has 33 heavy (non-hydrogen) atoms. The minimum atomic E-state index is -0.694. The highest BCUT2D eigenvalue weighted by Crippen LogP contribution is 2.42. The van der Waals surface area contributed by atoms with Gasteiger partial charge in [-0.1, -0.05) is 34.5 Å². The summed E-state index contributed by atoms with van der Waals surface area (Å²) < 4.78 is 5.84. The van der Waals surface area contributed by atoms with Crippen LogP contribution in [-0.4, -0.2) is 30.3 Å². The fourth-order valence-corrected chi connectivity index (χ4v) is 5.10. The summed E-state index contributed by atoms with van der Waals surface area (Å²) in [6, 6.07) is 11.0. The van der Waals surface area contributed by atoms with Crippen LogP contribution in [0.1, 0.15) is 36.5 Å². The number of imide groups is 1. The summed E-state index contributed by atoms with van der Waals surface area (Å²) in [4.78, 5) is 51.3. The van der Waals surface area contributed by atoms with Gasteiger partial charge < -0.3 is 10.1 Å². The van der Waals surface area contributed by atoms with Gasteiger partial charge in [0.25, 0.3) is 5.91 Å². The molecular weight excluding hydrogens is 512 g/mol. The fraction of sp³-hybridized carbons (Fsp3) is 0.333. The number of hydrogen-bond donors (Lipinski definition) is 1. The van der Waals surface area contributed by atoms with E-state index < -0.39 is 18.5 Å². The zero-order valence-electron chi connectivity index (χ0n) is 17.8. The summed E-state index contributed by atoms with van der Waals surface area (Å²) >= 11 is 9.35. The van der Waals surface area contributed by atoms with Gasteiger partial charge in [-0.2, -0.15) is 0 Å². The van der Waals surface area contributed by atoms with Gasteiger partial charge in [0.15, 0.2) is 6.61 Å². The quantitative estimate of drug-likeness (QED) is 0.439. The van der Waals surface area contributed by atoms with Crippen molar-refractivity contribution in [2.24, 2.45) is 17.8 Å². The zero-order chi connectivity index (χ0) is 23.7. The van der Waals surface area contributed by atoms with Gasteiger partial charge in [0, 0.05) is 4.47 Å². The third-order valence-corrected chi connectivity index (χ3v) is 6.89. The van der Waals surface area contributed by atoms with Crippen molar-refractivity contribution in [3.63, 3.8) is 0 Å². The molecule has 0 bridgehead atoms. The molecule has 9 heteroatoms. The van der Waals surface area contributed by atoms with Crippen molar-refractivity contribution in [1.29, 1.82) is 0 Å². The van der Waals surface area contributed by atoms with Crippen LogP contribution in [0.3, 0.4) is 0 Å². The smallest absolute Gasteiger partial charge is 0.338 e. The van der Waals surface area contributed by atoms with Crippen molar-refractivity contribution in [3.05, 3.63) is 57.5 Å². The molecule has 172 valence electrons. The lowest BCUT2D eigenvalue weighted by atomic mass is 9.76. The molecule has 0 spiro atoms. The first-order valence-corrected chi connectivity index (χ1v) is 11.8. The Morgan fingerprint density at radius 2 is 1.79 bits per heavy atom. The van der Waals surface area contributed by atoms with Gasteiger partial charge in [-0.25, -0.2) is 4.79 Å². The SMILES string of the molecule is C[C@@H]1CC[C@H]2C(=O)N(c3ccc(C(=O)OCC(=O)Nc4ccc(Br)cc4Cl)cc3)C(=O)[C@H]2C1. The van der Waals surface area contributed by atoms with Gasteiger partial charge in [0.2, 0.25) is 11.8 Å². The van der Waals surface area contributed by atoms with Crippen LogP contribution in [0.4, 0.5) is 11.4 Å². The van der Waals surface area contributed by atoms with Crippen LogP contribution < -0.4 is 10.2 Å². The molecular formula is C24H22BrClN2O5. The Morgan fingerprint density at radius 3 is 2.48 bits per heavy atom. The van der Waals surface area contributed by atoms with Crippen LogP contribution in [0.25, 0.3) is 0 Å². The first kappa shape index (κ1) is 23.4. The molecule has 2 aromatic rings. The summed E-state index contributed by atoms with van der Waals surface area (Å²) in [5.41, 5.74) is 1.05. The number of amides is 3. The van der Waals surface area contributed by atoms with Crippen LogP contribution in [-0.2, 0) is 19.1 Å². The molecule has 2 aromatic carbocycles. The molecule has 2 fully saturated rings. The number of rotatable bonds is 5. The topological polar surface area (TPSA) is 92.8 Å². The molecule has 0 radical (unpaired) electrons. The summed E-state index contributed by atoms with van der Waals surface area (Å²) in [7, 11) is 0. The number of halogens is 2. The van der Waals surface area contributed by atoms with E-state index in [0.717, 1.165) is 23.7 Å². The van der Waals surface area contributed by atoms with Gasteiger partial charge in [0.1, 0.15) is 0 Å². The number of anilines is 2. The van der Waals surface area contributed by atoms with E-state index in [1.165, 1.54) is 17.0 Å². The average molecular weight is 534 g/mol. The molecule has 1 aliphatic carbocycles. The molecule has 0 aromatic heterocycles. The molecule has 0 unspecified atom stereocenters. The number of hydrogen-bond acceptors (Lipinski definition) is 5. The largest absolute Gasteiger partial charge is 0.452 e. The van der Waals surface area contributed by atoms with Gasteiger partial charge in [-0.15, -0.1) is 0 Å². The minimum Gasteiger partial charge on any atom is -0.452 e. The molecule has 1 heterocycles. The third kappa shape index (κ3) is 4.96. The number of nitrogens with zero attached hydrogens (tertiary/aromatic N) is 1. The highest BCUT2D eigenvalue weighted by Gasteiger charge is 2.49. The Morgan fingerprint density at radius 1 is 1.09 bits per heavy atom. The van der Waals surface area contributed by atoms with Crippen LogP contribution in [0, 0.1) is 17.8 Å². The standard InChI is InChI=1S/C24H22BrClN2O5/c1-13-2-8-17-18(10-13)23(31)28(22(17)30)16-6-3-14(4-7-16)24(32)33-12-21(29)27-20-9-5-15(25)11-19(20)26/h3-7,9,11,13,17-18H,2,8,10,12H2,1H3,(H,27,29)/t13-,17-,18+/m1/s1. The van der Waals surface area contributed by atoms with E-state index in [0.29, 0.717) is 22.3 Å². The maximum Gasteiger partial charge on any atom is 0.338 e. The summed E-state index contributed by atoms with van der Waals surface area (Å²) in [6.45, 7) is 1.61. The molecule has 1 aliphatic heterocycles. The monoisotopic (exact) mass is 532 g/mol. The Labute approximate surface area is 204 Å². The van der Waals surface area contributed by atoms with E-state index in [1.807, 2.05) is 0 Å². The predicted octanol–water partition coefficient (Wildman–Crippen LogP) is 4.82. The van der Waals surface area contributed by atoms with Crippen LogP contribution in [0.15, 0.2) is 46.9 Å². The predicted molar refractivity (Wildman–Crippen MR) is 127 cm³/mol. The maximum atomic E-state index is 12.8. The van der Waals surface area contributed by atoms with Crippen LogP contribution >= 0.6 is 27.5 Å². The van der Waals surface area contributed by atoms with Crippen molar-refractivity contribution in [3.8, 4) is 0 Å². The van der Waals surface area contributed by atoms with Crippen LogP contribution in [0.2, 0.25) is 5.02 Å². The molecule has 7 nitrogen and oxygen atoms in total. The molecule has 1 saturated carbocycles. The number of ether oxygens (including phenoxy) is 1. The lowest BCUT2D eigenvalue weighted by molar-refractivity contribution is -0.122. The second-order valence-electron chi connectivity index (χ2n) is 8.44. The number of benzene rings is 2. The number of esters is 1. The van der Waals surface area contributed by atoms with E-state index in [9.17, 15) is 19.2 Å². The van der Waals surface area contributed by atoms with Crippen LogP contribution in [0.5, 0.6) is 0 Å². The summed E-state index contributed by atoms with van der Waals surface area (Å²) in [6.07, 6.45) is 2.40. The number of fused-ring (bicyclic) bond motifs is 1. The highest BCUT2D eigenvalue weighted by atomic mass is 79.9. The van der Waals surface area contributed by atoms with Gasteiger partial charge >= 0.3 is 5.97 Å². The van der Waals surface area contributed by atoms with Crippen molar-refractivity contribution < 1.29 is 23.9 Å². The normalized spacial score (nSPS) is 22.2. The lowest BCUT2D eigenvalue weighted by Gasteiger charge is -2.25. The van der Waals surface area contributed by atoms with Crippen molar-refractivity contribution in [2.75, 3.05) is 16.8 Å². The first-order valence-electron chi connectivity index (χ1n) is 10.6. The highest BCUT2D eigenvalue weighted by molar-refractivity contribution is 9.10. The van der Waals surface area contributed by atoms with E-state index >= 15 is 0 Å². The second-order valence-corrected chi connectivity index (χ2v) is 9.76. The molecule has 3 atom stereocenters. The Kier molecular flexibility index (Phi) is 6.86. The second kappa shape index (κ2) is 9.65. The lowest BCUT2D eigenvalue weighted by Crippen LogP contribution is -2.30. The van der Waals surface area contributed by atoms with Crippen molar-refractivity contribution >= 4 is 62.6 Å². The van der Waals surface area contributed by atoms with Crippen molar-refractivity contribution in [2.45, 2.75) is 26.2 Å². The van der Waals surface area contributed by atoms with Gasteiger partial charge in [-0.05, 0) is 67.6 Å². The zero-order valence-corrected chi connectivity index (χ0v) is 20.2. The number of carbonyl (C=O) groups is 4. The average Bonchev–Trinajstić information content (AvgIpc) is 3.03. The molecule has 2 aliphatic rings. The maximum absolute atomic E-state index is 12.8. The Bertz CT molecular complexity index is 1120. The summed E-state index contributed by atoms with van der Waals surface area (Å²) in [5.74, 6) is -1.66. The van der Waals surface area contributed by atoms with Crippen molar-refractivity contribution in [1.82, 2.24) is 0 Å². The Hall–Kier alpha value is -2.71. The van der Waals surface area contributed by atoms with Gasteiger partial charge in [-0.3, -0.25) is 19.3 Å². The molecule has 3 amide bonds. The molecule has 1 N–H and O–H groups in total.